The molecule has 0 amide bonds. The maximum atomic E-state index is 14.8. The Kier molecular flexibility index (Phi) is 7.92. The van der Waals surface area contributed by atoms with Gasteiger partial charge in [0.1, 0.15) is 5.58 Å². The number of furan rings is 1. The van der Waals surface area contributed by atoms with Gasteiger partial charge in [0.2, 0.25) is 0 Å². The molecule has 4 heterocycles. The molecule has 0 atom stereocenters. The largest absolute Gasteiger partial charge is 0.500 e. The van der Waals surface area contributed by atoms with E-state index in [0.717, 1.165) is 38.9 Å². The fourth-order valence-corrected chi connectivity index (χ4v) is 5.16. The first-order valence-corrected chi connectivity index (χ1v) is 13.5. The number of aromatic nitrogens is 4. The fourth-order valence-electron chi connectivity index (χ4n) is 5.16. The Balaban J connectivity index is 0.000000213. The molecule has 0 N–H and O–H groups in total. The van der Waals surface area contributed by atoms with E-state index in [-0.39, 0.29) is 25.9 Å². The molecule has 0 spiro atoms. The smallest absolute Gasteiger partial charge is 0.121 e. The Morgan fingerprint density at radius 3 is 2.42 bits per heavy atom. The summed E-state index contributed by atoms with van der Waals surface area (Å²) >= 11 is 0. The Morgan fingerprint density at radius 2 is 1.63 bits per heavy atom. The van der Waals surface area contributed by atoms with Crippen molar-refractivity contribution in [3.63, 3.8) is 0 Å². The summed E-state index contributed by atoms with van der Waals surface area (Å²) in [6, 6.07) is 38.7. The van der Waals surface area contributed by atoms with Gasteiger partial charge in [-0.3, -0.25) is 14.4 Å². The SMILES string of the molecule is Cc1cncc2nc(-c3[c-]cc(F)c4c3oc3ccccc34)n(-c3ccccc3)c12.[Ir].[c-]1ccccc1-c1ccccn1. The molecular formula is C36H23FIrN4O-2. The van der Waals surface area contributed by atoms with Crippen molar-refractivity contribution >= 4 is 33.0 Å². The summed E-state index contributed by atoms with van der Waals surface area (Å²) in [5, 5.41) is 1.18. The van der Waals surface area contributed by atoms with Crippen LogP contribution in [-0.4, -0.2) is 19.5 Å². The third-order valence-corrected chi connectivity index (χ3v) is 7.04. The van der Waals surface area contributed by atoms with E-state index in [9.17, 15) is 4.39 Å². The molecule has 43 heavy (non-hydrogen) atoms. The molecule has 8 rings (SSSR count). The number of hydrogen-bond acceptors (Lipinski definition) is 4. The van der Waals surface area contributed by atoms with Crippen LogP contribution in [0.5, 0.6) is 0 Å². The summed E-state index contributed by atoms with van der Waals surface area (Å²) in [5.41, 5.74) is 7.35. The first-order valence-electron chi connectivity index (χ1n) is 13.5. The molecule has 1 radical (unpaired) electrons. The molecule has 0 saturated heterocycles. The van der Waals surface area contributed by atoms with Gasteiger partial charge in [-0.05, 0) is 47.8 Å². The molecule has 8 aromatic rings. The van der Waals surface area contributed by atoms with Crippen LogP contribution in [0, 0.1) is 24.9 Å². The first kappa shape index (κ1) is 28.2. The number of pyridine rings is 2. The molecule has 0 unspecified atom stereocenters. The number of imidazole rings is 1. The molecule has 5 nitrogen and oxygen atoms in total. The van der Waals surface area contributed by atoms with Crippen molar-refractivity contribution in [2.75, 3.05) is 0 Å². The monoisotopic (exact) mass is 739 g/mol. The number of fused-ring (bicyclic) bond motifs is 4. The van der Waals surface area contributed by atoms with Crippen LogP contribution in [0.3, 0.4) is 0 Å². The van der Waals surface area contributed by atoms with Crippen LogP contribution in [0.25, 0.3) is 61.3 Å². The van der Waals surface area contributed by atoms with Gasteiger partial charge in [0, 0.05) is 49.4 Å². The van der Waals surface area contributed by atoms with Crippen LogP contribution in [0.4, 0.5) is 4.39 Å². The van der Waals surface area contributed by atoms with E-state index in [1.54, 1.807) is 12.4 Å². The van der Waals surface area contributed by atoms with E-state index in [1.165, 1.54) is 6.07 Å². The zero-order valence-corrected chi connectivity index (χ0v) is 25.4. The number of para-hydroxylation sites is 2. The minimum atomic E-state index is -0.362. The van der Waals surface area contributed by atoms with Crippen molar-refractivity contribution in [2.24, 2.45) is 0 Å². The van der Waals surface area contributed by atoms with Crippen LogP contribution in [0.1, 0.15) is 5.56 Å². The normalized spacial score (nSPS) is 10.8. The molecule has 4 aromatic carbocycles. The van der Waals surface area contributed by atoms with Gasteiger partial charge in [0.25, 0.3) is 0 Å². The van der Waals surface area contributed by atoms with Crippen molar-refractivity contribution in [1.82, 2.24) is 19.5 Å². The molecule has 0 aliphatic rings. The van der Waals surface area contributed by atoms with Gasteiger partial charge in [-0.2, -0.15) is 0 Å². The maximum absolute atomic E-state index is 14.8. The van der Waals surface area contributed by atoms with E-state index < -0.39 is 0 Å². The summed E-state index contributed by atoms with van der Waals surface area (Å²) in [6.45, 7) is 2.01. The summed E-state index contributed by atoms with van der Waals surface area (Å²) in [4.78, 5) is 13.4. The number of aryl methyl sites for hydroxylation is 1. The van der Waals surface area contributed by atoms with Crippen molar-refractivity contribution < 1.29 is 28.9 Å². The molecule has 0 aliphatic carbocycles. The summed E-state index contributed by atoms with van der Waals surface area (Å²) < 4.78 is 23.0. The zero-order chi connectivity index (χ0) is 28.5. The minimum Gasteiger partial charge on any atom is -0.500 e. The standard InChI is InChI=1S/C25H15FN3O.C11H8N.Ir/c1-15-13-27-14-20-23(15)29(16-7-3-2-4-8-16)25(28-20)18-11-12-19(26)22-17-9-5-6-10-21(17)30-24(18)22;1-2-6-10(7-3-1)11-8-4-5-9-12-11;/h2-10,12-14H,1H3;1-6,8-9H;/q2*-1;. The quantitative estimate of drug-likeness (QED) is 0.170. The Bertz CT molecular complexity index is 2120. The second-order valence-corrected chi connectivity index (χ2v) is 9.74. The second-order valence-electron chi connectivity index (χ2n) is 9.74. The van der Waals surface area contributed by atoms with Gasteiger partial charge in [-0.25, -0.2) is 0 Å². The third kappa shape index (κ3) is 5.25. The predicted octanol–water partition coefficient (Wildman–Crippen LogP) is 8.78. The van der Waals surface area contributed by atoms with Gasteiger partial charge in [-0.15, -0.1) is 48.0 Å². The fraction of sp³-hybridized carbons (Fsp3) is 0.0278. The van der Waals surface area contributed by atoms with Gasteiger partial charge in [0.05, 0.1) is 28.6 Å². The topological polar surface area (TPSA) is 56.7 Å². The third-order valence-electron chi connectivity index (χ3n) is 7.04. The number of nitrogens with zero attached hydrogens (tertiary/aromatic N) is 4. The van der Waals surface area contributed by atoms with Crippen molar-refractivity contribution in [3.05, 3.63) is 145 Å². The van der Waals surface area contributed by atoms with Gasteiger partial charge in [-0.1, -0.05) is 54.1 Å². The molecule has 0 aliphatic heterocycles. The number of hydrogen-bond donors (Lipinski definition) is 0. The molecule has 0 saturated carbocycles. The van der Waals surface area contributed by atoms with Crippen molar-refractivity contribution in [1.29, 1.82) is 0 Å². The average Bonchev–Trinajstić information content (AvgIpc) is 3.64. The predicted molar refractivity (Wildman–Crippen MR) is 164 cm³/mol. The summed E-state index contributed by atoms with van der Waals surface area (Å²) in [7, 11) is 0. The maximum Gasteiger partial charge on any atom is 0.121 e. The number of benzene rings is 4. The zero-order valence-electron chi connectivity index (χ0n) is 23.0. The second kappa shape index (κ2) is 12.1. The molecule has 211 valence electrons. The molecule has 7 heteroatoms. The molecular weight excluding hydrogens is 716 g/mol. The number of halogens is 1. The van der Waals surface area contributed by atoms with Crippen LogP contribution in [0.2, 0.25) is 0 Å². The Labute approximate surface area is 261 Å². The minimum absolute atomic E-state index is 0. The van der Waals surface area contributed by atoms with E-state index >= 15 is 0 Å². The average molecular weight is 739 g/mol. The van der Waals surface area contributed by atoms with Gasteiger partial charge in [0.15, 0.2) is 0 Å². The summed E-state index contributed by atoms with van der Waals surface area (Å²) in [6.07, 6.45) is 5.35. The van der Waals surface area contributed by atoms with Crippen LogP contribution >= 0.6 is 0 Å². The van der Waals surface area contributed by atoms with Crippen molar-refractivity contribution in [3.8, 4) is 28.3 Å². The molecule has 4 aromatic heterocycles. The van der Waals surface area contributed by atoms with Crippen LogP contribution < -0.4 is 0 Å². The van der Waals surface area contributed by atoms with Crippen LogP contribution in [0.15, 0.2) is 126 Å². The molecule has 0 bridgehead atoms. The van der Waals surface area contributed by atoms with E-state index in [2.05, 4.69) is 26.7 Å². The van der Waals surface area contributed by atoms with Crippen molar-refractivity contribution in [2.45, 2.75) is 6.92 Å². The summed E-state index contributed by atoms with van der Waals surface area (Å²) in [5.74, 6) is 0.273. The first-order chi connectivity index (χ1) is 20.7. The number of rotatable bonds is 3. The Morgan fingerprint density at radius 1 is 0.837 bits per heavy atom. The molecule has 0 fully saturated rings. The van der Waals surface area contributed by atoms with Gasteiger partial charge < -0.3 is 14.0 Å². The van der Waals surface area contributed by atoms with E-state index in [1.807, 2.05) is 110 Å². The van der Waals surface area contributed by atoms with E-state index in [4.69, 9.17) is 9.40 Å². The Hall–Kier alpha value is -4.97. The van der Waals surface area contributed by atoms with Gasteiger partial charge >= 0.3 is 0 Å². The van der Waals surface area contributed by atoms with Crippen LogP contribution in [-0.2, 0) is 20.1 Å². The van der Waals surface area contributed by atoms with E-state index in [0.29, 0.717) is 27.9 Å².